The molecule has 1 unspecified atom stereocenters. The molecule has 3 rings (SSSR count). The quantitative estimate of drug-likeness (QED) is 0.777. The van der Waals surface area contributed by atoms with Crippen LogP contribution in [0.1, 0.15) is 24.7 Å². The molecule has 0 saturated carbocycles. The van der Waals surface area contributed by atoms with Crippen molar-refractivity contribution in [2.45, 2.75) is 32.4 Å². The molecular weight excluding hydrogens is 256 g/mol. The summed E-state index contributed by atoms with van der Waals surface area (Å²) in [6, 6.07) is 4.46. The third-order valence-corrected chi connectivity index (χ3v) is 4.17. The maximum Gasteiger partial charge on any atom is 0.193 e. The Balaban J connectivity index is 1.79. The van der Waals surface area contributed by atoms with Crippen LogP contribution in [0.25, 0.3) is 4.96 Å². The first kappa shape index (κ1) is 12.4. The first-order chi connectivity index (χ1) is 9.26. The molecule has 5 heteroatoms. The van der Waals surface area contributed by atoms with Crippen molar-refractivity contribution < 1.29 is 0 Å². The van der Waals surface area contributed by atoms with Gasteiger partial charge in [-0.1, -0.05) is 6.92 Å². The number of imidazole rings is 1. The van der Waals surface area contributed by atoms with Gasteiger partial charge in [0.05, 0.1) is 12.2 Å². The van der Waals surface area contributed by atoms with Gasteiger partial charge in [-0.3, -0.25) is 4.40 Å². The lowest BCUT2D eigenvalue weighted by Crippen LogP contribution is -2.23. The fraction of sp³-hybridized carbons (Fsp3) is 0.357. The number of nitrogens with two attached hydrogens (primary N) is 1. The molecule has 0 saturated heterocycles. The largest absolute Gasteiger partial charge is 0.345 e. The van der Waals surface area contributed by atoms with Gasteiger partial charge in [0.2, 0.25) is 0 Å². The van der Waals surface area contributed by atoms with Crippen molar-refractivity contribution >= 4 is 16.3 Å². The van der Waals surface area contributed by atoms with Crippen molar-refractivity contribution in [2.75, 3.05) is 0 Å². The molecule has 19 heavy (non-hydrogen) atoms. The third kappa shape index (κ3) is 2.57. The normalized spacial score (nSPS) is 13.2. The van der Waals surface area contributed by atoms with Crippen molar-refractivity contribution in [1.82, 2.24) is 14.0 Å². The highest BCUT2D eigenvalue weighted by atomic mass is 32.1. The second-order valence-electron chi connectivity index (χ2n) is 4.82. The topological polar surface area (TPSA) is 48.2 Å². The van der Waals surface area contributed by atoms with E-state index in [4.69, 9.17) is 5.73 Å². The van der Waals surface area contributed by atoms with Gasteiger partial charge in [0.1, 0.15) is 0 Å². The molecule has 1 atom stereocenters. The lowest BCUT2D eigenvalue weighted by atomic mass is 10.1. The zero-order valence-electron chi connectivity index (χ0n) is 11.0. The molecule has 0 fully saturated rings. The van der Waals surface area contributed by atoms with Crippen LogP contribution in [0.3, 0.4) is 0 Å². The van der Waals surface area contributed by atoms with Crippen molar-refractivity contribution in [1.29, 1.82) is 0 Å². The van der Waals surface area contributed by atoms with Crippen molar-refractivity contribution in [3.05, 3.63) is 47.5 Å². The van der Waals surface area contributed by atoms with E-state index in [0.717, 1.165) is 30.0 Å². The first-order valence-electron chi connectivity index (χ1n) is 6.57. The standard InChI is InChI=1S/C14H18N4S/c1-2-11(15)8-13-4-3-5-17(13)9-12-10-18-6-7-19-14(18)16-12/h3-7,10-11H,2,8-9,15H2,1H3. The minimum atomic E-state index is 0.235. The van der Waals surface area contributed by atoms with Crippen LogP contribution in [0.4, 0.5) is 0 Å². The van der Waals surface area contributed by atoms with Gasteiger partial charge in [0.15, 0.2) is 4.96 Å². The average Bonchev–Trinajstić information content (AvgIpc) is 3.06. The lowest BCUT2D eigenvalue weighted by Gasteiger charge is -2.11. The van der Waals surface area contributed by atoms with Crippen molar-refractivity contribution in [3.63, 3.8) is 0 Å². The molecule has 3 aromatic rings. The van der Waals surface area contributed by atoms with E-state index in [0.29, 0.717) is 0 Å². The molecule has 100 valence electrons. The number of hydrogen-bond acceptors (Lipinski definition) is 3. The molecule has 0 bridgehead atoms. The van der Waals surface area contributed by atoms with Gasteiger partial charge in [-0.05, 0) is 18.6 Å². The Morgan fingerprint density at radius 1 is 1.42 bits per heavy atom. The summed E-state index contributed by atoms with van der Waals surface area (Å²) in [5, 5.41) is 2.05. The van der Waals surface area contributed by atoms with Crippen molar-refractivity contribution in [2.24, 2.45) is 5.73 Å². The fourth-order valence-corrected chi connectivity index (χ4v) is 2.95. The Morgan fingerprint density at radius 2 is 2.32 bits per heavy atom. The lowest BCUT2D eigenvalue weighted by molar-refractivity contribution is 0.608. The summed E-state index contributed by atoms with van der Waals surface area (Å²) in [5.74, 6) is 0. The summed E-state index contributed by atoms with van der Waals surface area (Å²) < 4.78 is 4.31. The summed E-state index contributed by atoms with van der Waals surface area (Å²) >= 11 is 1.66. The van der Waals surface area contributed by atoms with Crippen LogP contribution >= 0.6 is 11.3 Å². The second kappa shape index (κ2) is 5.19. The molecule has 0 aliphatic rings. The number of aromatic nitrogens is 3. The van der Waals surface area contributed by atoms with Crippen LogP contribution in [-0.2, 0) is 13.0 Å². The molecule has 0 aliphatic heterocycles. The molecule has 0 aromatic carbocycles. The molecule has 3 heterocycles. The molecular formula is C14H18N4S. The van der Waals surface area contributed by atoms with E-state index in [2.05, 4.69) is 45.4 Å². The van der Waals surface area contributed by atoms with Gasteiger partial charge in [0.25, 0.3) is 0 Å². The predicted molar refractivity (Wildman–Crippen MR) is 78.6 cm³/mol. The molecule has 2 N–H and O–H groups in total. The molecule has 0 radical (unpaired) electrons. The Hall–Kier alpha value is -1.59. The van der Waals surface area contributed by atoms with Crippen LogP contribution in [-0.4, -0.2) is 20.0 Å². The summed E-state index contributed by atoms with van der Waals surface area (Å²) in [6.45, 7) is 2.94. The predicted octanol–water partition coefficient (Wildman–Crippen LogP) is 2.53. The Kier molecular flexibility index (Phi) is 3.40. The SMILES string of the molecule is CCC(N)Cc1cccn1Cc1cn2ccsc2n1. The van der Waals surface area contributed by atoms with Gasteiger partial charge in [-0.25, -0.2) is 4.98 Å². The highest BCUT2D eigenvalue weighted by Crippen LogP contribution is 2.14. The maximum absolute atomic E-state index is 6.04. The number of nitrogens with zero attached hydrogens (tertiary/aromatic N) is 3. The fourth-order valence-electron chi connectivity index (χ4n) is 2.23. The number of rotatable bonds is 5. The van der Waals surface area contributed by atoms with Crippen LogP contribution in [0, 0.1) is 0 Å². The van der Waals surface area contributed by atoms with Gasteiger partial charge < -0.3 is 10.3 Å². The Morgan fingerprint density at radius 3 is 3.11 bits per heavy atom. The zero-order chi connectivity index (χ0) is 13.2. The molecule has 0 amide bonds. The van der Waals surface area contributed by atoms with E-state index in [-0.39, 0.29) is 6.04 Å². The molecule has 4 nitrogen and oxygen atoms in total. The molecule has 3 aromatic heterocycles. The Bertz CT molecular complexity index is 635. The van der Waals surface area contributed by atoms with Crippen LogP contribution < -0.4 is 5.73 Å². The van der Waals surface area contributed by atoms with E-state index in [1.807, 2.05) is 11.6 Å². The van der Waals surface area contributed by atoms with Crippen LogP contribution in [0.5, 0.6) is 0 Å². The van der Waals surface area contributed by atoms with Gasteiger partial charge >= 0.3 is 0 Å². The van der Waals surface area contributed by atoms with E-state index in [9.17, 15) is 0 Å². The summed E-state index contributed by atoms with van der Waals surface area (Å²) in [4.78, 5) is 5.67. The second-order valence-corrected chi connectivity index (χ2v) is 5.70. The highest BCUT2D eigenvalue weighted by Gasteiger charge is 2.08. The van der Waals surface area contributed by atoms with E-state index in [1.165, 1.54) is 5.69 Å². The molecule has 0 spiro atoms. The van der Waals surface area contributed by atoms with E-state index < -0.39 is 0 Å². The smallest absolute Gasteiger partial charge is 0.193 e. The molecule has 0 aliphatic carbocycles. The van der Waals surface area contributed by atoms with Gasteiger partial charge in [0, 0.05) is 42.1 Å². The minimum absolute atomic E-state index is 0.235. The summed E-state index contributed by atoms with van der Waals surface area (Å²) in [5.41, 5.74) is 8.41. The monoisotopic (exact) mass is 274 g/mol. The van der Waals surface area contributed by atoms with Crippen LogP contribution in [0.15, 0.2) is 36.1 Å². The van der Waals surface area contributed by atoms with Gasteiger partial charge in [-0.15, -0.1) is 11.3 Å². The number of hydrogen-bond donors (Lipinski definition) is 1. The number of thiazole rings is 1. The summed E-state index contributed by atoms with van der Waals surface area (Å²) in [7, 11) is 0. The number of fused-ring (bicyclic) bond motifs is 1. The Labute approximate surface area is 116 Å². The summed E-state index contributed by atoms with van der Waals surface area (Å²) in [6.07, 6.45) is 8.16. The minimum Gasteiger partial charge on any atom is -0.345 e. The highest BCUT2D eigenvalue weighted by molar-refractivity contribution is 7.15. The van der Waals surface area contributed by atoms with E-state index >= 15 is 0 Å². The first-order valence-corrected chi connectivity index (χ1v) is 7.45. The average molecular weight is 274 g/mol. The van der Waals surface area contributed by atoms with E-state index in [1.54, 1.807) is 11.3 Å². The van der Waals surface area contributed by atoms with Crippen LogP contribution in [0.2, 0.25) is 0 Å². The third-order valence-electron chi connectivity index (χ3n) is 3.39. The van der Waals surface area contributed by atoms with Gasteiger partial charge in [-0.2, -0.15) is 0 Å². The zero-order valence-corrected chi connectivity index (χ0v) is 11.8. The van der Waals surface area contributed by atoms with Crippen molar-refractivity contribution in [3.8, 4) is 0 Å². The maximum atomic E-state index is 6.04.